The summed E-state index contributed by atoms with van der Waals surface area (Å²) in [5.41, 5.74) is 4.11. The average Bonchev–Trinajstić information content (AvgIpc) is 3.18. The van der Waals surface area contributed by atoms with Gasteiger partial charge in [0, 0.05) is 12.7 Å². The normalized spacial score (nSPS) is 15.4. The van der Waals surface area contributed by atoms with Gasteiger partial charge in [-0.25, -0.2) is 4.98 Å². The molecule has 4 aromatic rings. The Labute approximate surface area is 229 Å². The Morgan fingerprint density at radius 3 is 2.47 bits per heavy atom. The van der Waals surface area contributed by atoms with Gasteiger partial charge in [-0.15, -0.1) is 0 Å². The molecule has 1 unspecified atom stereocenters. The molecule has 0 spiro atoms. The van der Waals surface area contributed by atoms with Crippen LogP contribution in [0.2, 0.25) is 0 Å². The summed E-state index contributed by atoms with van der Waals surface area (Å²) in [7, 11) is 0. The second-order valence-electron chi connectivity index (χ2n) is 9.17. The first kappa shape index (κ1) is 25.8. The summed E-state index contributed by atoms with van der Waals surface area (Å²) in [6.07, 6.45) is 2.46. The van der Waals surface area contributed by atoms with Crippen molar-refractivity contribution in [2.45, 2.75) is 26.5 Å². The number of nitrogens with zero attached hydrogens (tertiary/aromatic N) is 3. The van der Waals surface area contributed by atoms with E-state index in [0.717, 1.165) is 34.0 Å². The molecule has 5 rings (SSSR count). The molecule has 0 saturated carbocycles. The monoisotopic (exact) mass is 542 g/mol. The van der Waals surface area contributed by atoms with Crippen molar-refractivity contribution in [3.63, 3.8) is 0 Å². The molecule has 9 heteroatoms. The summed E-state index contributed by atoms with van der Waals surface area (Å²) in [4.78, 5) is 33.5. The number of carbonyl (C=O) groups excluding carboxylic acids is 1. The Morgan fingerprint density at radius 1 is 1.03 bits per heavy atom. The number of benzene rings is 2. The maximum Gasteiger partial charge on any atom is 0.267 e. The minimum Gasteiger partial charge on any atom is -0.387 e. The number of anilines is 1. The lowest BCUT2D eigenvalue weighted by molar-refractivity contribution is -0.122. The van der Waals surface area contributed by atoms with Crippen LogP contribution >= 0.6 is 24.0 Å². The third-order valence-corrected chi connectivity index (χ3v) is 7.64. The topological polar surface area (TPSA) is 86.9 Å². The van der Waals surface area contributed by atoms with Crippen molar-refractivity contribution in [2.24, 2.45) is 0 Å². The van der Waals surface area contributed by atoms with Crippen LogP contribution in [0.1, 0.15) is 33.9 Å². The predicted octanol–water partition coefficient (Wildman–Crippen LogP) is 4.86. The number of rotatable bonds is 7. The summed E-state index contributed by atoms with van der Waals surface area (Å²) >= 11 is 6.68. The van der Waals surface area contributed by atoms with E-state index < -0.39 is 6.10 Å². The number of thioether (sulfide) groups is 1. The zero-order chi connectivity index (χ0) is 26.8. The van der Waals surface area contributed by atoms with E-state index >= 15 is 0 Å². The van der Waals surface area contributed by atoms with Crippen molar-refractivity contribution < 1.29 is 9.90 Å². The van der Waals surface area contributed by atoms with E-state index in [1.54, 1.807) is 23.2 Å². The average molecular weight is 543 g/mol. The Kier molecular flexibility index (Phi) is 7.42. The van der Waals surface area contributed by atoms with Gasteiger partial charge in [0.05, 0.1) is 23.1 Å². The van der Waals surface area contributed by atoms with Crippen molar-refractivity contribution in [3.8, 4) is 0 Å². The van der Waals surface area contributed by atoms with E-state index in [1.165, 1.54) is 4.40 Å². The molecule has 1 atom stereocenters. The number of amides is 1. The number of carbonyl (C=O) groups is 1. The molecule has 192 valence electrons. The molecule has 7 nitrogen and oxygen atoms in total. The highest BCUT2D eigenvalue weighted by molar-refractivity contribution is 8.26. The maximum absolute atomic E-state index is 13.6. The van der Waals surface area contributed by atoms with Crippen LogP contribution in [0.25, 0.3) is 11.7 Å². The lowest BCUT2D eigenvalue weighted by atomic mass is 10.1. The number of thiocarbonyl (C=S) groups is 1. The SMILES string of the molecule is Cc1ccc(CN2C(=O)/C(=C\c3c(NCC(O)c4ccccc4)nc4ccc(C)cn4c3=O)SC2=S)cc1. The van der Waals surface area contributed by atoms with Crippen LogP contribution in [0.15, 0.2) is 82.6 Å². The fourth-order valence-corrected chi connectivity index (χ4v) is 5.39. The summed E-state index contributed by atoms with van der Waals surface area (Å²) < 4.78 is 1.90. The molecular formula is C29H26N4O3S2. The van der Waals surface area contributed by atoms with Crippen LogP contribution in [0.3, 0.4) is 0 Å². The quantitative estimate of drug-likeness (QED) is 0.255. The number of pyridine rings is 1. The number of hydrogen-bond acceptors (Lipinski definition) is 7. The summed E-state index contributed by atoms with van der Waals surface area (Å²) in [6, 6.07) is 20.8. The van der Waals surface area contributed by atoms with Gasteiger partial charge < -0.3 is 10.4 Å². The van der Waals surface area contributed by atoms with Gasteiger partial charge in [0.25, 0.3) is 11.5 Å². The number of aliphatic hydroxyl groups excluding tert-OH is 1. The summed E-state index contributed by atoms with van der Waals surface area (Å²) in [5, 5.41) is 13.8. The fraction of sp³-hybridized carbons (Fsp3) is 0.172. The van der Waals surface area contributed by atoms with Crippen LogP contribution in [-0.2, 0) is 11.3 Å². The van der Waals surface area contributed by atoms with E-state index in [1.807, 2.05) is 74.5 Å². The summed E-state index contributed by atoms with van der Waals surface area (Å²) in [5.74, 6) is 0.0298. The van der Waals surface area contributed by atoms with Crippen LogP contribution < -0.4 is 10.9 Å². The zero-order valence-electron chi connectivity index (χ0n) is 20.9. The van der Waals surface area contributed by atoms with Crippen LogP contribution in [-0.4, -0.2) is 36.2 Å². The van der Waals surface area contributed by atoms with Gasteiger partial charge in [-0.1, -0.05) is 90.2 Å². The molecule has 0 aliphatic carbocycles. The van der Waals surface area contributed by atoms with E-state index in [-0.39, 0.29) is 29.4 Å². The van der Waals surface area contributed by atoms with Gasteiger partial charge in [0.2, 0.25) is 0 Å². The minimum absolute atomic E-state index is 0.133. The Hall–Kier alpha value is -3.79. The highest BCUT2D eigenvalue weighted by atomic mass is 32.2. The highest BCUT2D eigenvalue weighted by Gasteiger charge is 2.32. The largest absolute Gasteiger partial charge is 0.387 e. The molecule has 2 aromatic heterocycles. The predicted molar refractivity (Wildman–Crippen MR) is 156 cm³/mol. The Bertz CT molecular complexity index is 1620. The highest BCUT2D eigenvalue weighted by Crippen LogP contribution is 2.34. The first-order valence-electron chi connectivity index (χ1n) is 12.1. The molecule has 2 aromatic carbocycles. The van der Waals surface area contributed by atoms with Gasteiger partial charge in [0.15, 0.2) is 0 Å². The lowest BCUT2D eigenvalue weighted by Crippen LogP contribution is -2.27. The number of fused-ring (bicyclic) bond motifs is 1. The second-order valence-corrected chi connectivity index (χ2v) is 10.9. The van der Waals surface area contributed by atoms with Gasteiger partial charge in [-0.3, -0.25) is 18.9 Å². The molecule has 1 aliphatic rings. The Morgan fingerprint density at radius 2 is 1.74 bits per heavy atom. The van der Waals surface area contributed by atoms with Gasteiger partial charge in [0.1, 0.15) is 15.8 Å². The van der Waals surface area contributed by atoms with Crippen molar-refractivity contribution in [1.82, 2.24) is 14.3 Å². The molecule has 1 saturated heterocycles. The standard InChI is InChI=1S/C29H26N4O3S2/c1-18-8-11-20(12-9-18)17-33-28(36)24(38-29(33)37)14-22-26(30-15-23(34)21-6-4-3-5-7-21)31-25-13-10-19(2)16-32(25)27(22)35/h3-14,16,23,30,34H,15,17H2,1-2H3/b24-14+. The third-order valence-electron chi connectivity index (χ3n) is 6.26. The minimum atomic E-state index is -0.810. The van der Waals surface area contributed by atoms with Gasteiger partial charge in [-0.2, -0.15) is 0 Å². The zero-order valence-corrected chi connectivity index (χ0v) is 22.6. The number of aliphatic hydroxyl groups is 1. The number of hydrogen-bond donors (Lipinski definition) is 2. The first-order chi connectivity index (χ1) is 18.3. The van der Waals surface area contributed by atoms with E-state index in [2.05, 4.69) is 10.3 Å². The molecule has 1 aliphatic heterocycles. The van der Waals surface area contributed by atoms with Crippen LogP contribution in [0, 0.1) is 13.8 Å². The first-order valence-corrected chi connectivity index (χ1v) is 13.3. The number of aromatic nitrogens is 2. The lowest BCUT2D eigenvalue weighted by Gasteiger charge is -2.15. The molecule has 2 N–H and O–H groups in total. The smallest absolute Gasteiger partial charge is 0.267 e. The van der Waals surface area contributed by atoms with Crippen molar-refractivity contribution in [1.29, 1.82) is 0 Å². The van der Waals surface area contributed by atoms with E-state index in [0.29, 0.717) is 21.4 Å². The van der Waals surface area contributed by atoms with Crippen molar-refractivity contribution in [3.05, 3.63) is 116 Å². The van der Waals surface area contributed by atoms with Gasteiger partial charge >= 0.3 is 0 Å². The molecule has 0 radical (unpaired) electrons. The maximum atomic E-state index is 13.6. The summed E-state index contributed by atoms with van der Waals surface area (Å²) in [6.45, 7) is 4.39. The number of aryl methyl sites for hydroxylation is 2. The van der Waals surface area contributed by atoms with Crippen LogP contribution in [0.4, 0.5) is 5.82 Å². The van der Waals surface area contributed by atoms with Crippen molar-refractivity contribution >= 4 is 51.7 Å². The molecule has 1 fully saturated rings. The second kappa shape index (κ2) is 10.9. The number of nitrogens with one attached hydrogen (secondary N) is 1. The fourth-order valence-electron chi connectivity index (χ4n) is 4.15. The van der Waals surface area contributed by atoms with Crippen molar-refractivity contribution in [2.75, 3.05) is 11.9 Å². The molecular weight excluding hydrogens is 516 g/mol. The third kappa shape index (κ3) is 5.40. The molecule has 38 heavy (non-hydrogen) atoms. The molecule has 1 amide bonds. The van der Waals surface area contributed by atoms with Gasteiger partial charge in [-0.05, 0) is 42.7 Å². The van der Waals surface area contributed by atoms with E-state index in [9.17, 15) is 14.7 Å². The van der Waals surface area contributed by atoms with Crippen LogP contribution in [0.5, 0.6) is 0 Å². The molecule has 3 heterocycles. The molecule has 0 bridgehead atoms. The van der Waals surface area contributed by atoms with E-state index in [4.69, 9.17) is 12.2 Å². The Balaban J connectivity index is 1.49.